The van der Waals surface area contributed by atoms with E-state index in [0.29, 0.717) is 22.0 Å². The highest BCUT2D eigenvalue weighted by Gasteiger charge is 2.54. The number of amides is 4. The molecule has 0 radical (unpaired) electrons. The maximum Gasteiger partial charge on any atom is 0.352 e. The zero-order chi connectivity index (χ0) is 24.4. The smallest absolute Gasteiger partial charge is 0.352 e. The van der Waals surface area contributed by atoms with Crippen molar-refractivity contribution in [2.45, 2.75) is 22.6 Å². The van der Waals surface area contributed by atoms with E-state index in [0.717, 1.165) is 0 Å². The van der Waals surface area contributed by atoms with Gasteiger partial charge in [-0.2, -0.15) is 0 Å². The molecule has 2 aromatic rings. The Kier molecular flexibility index (Phi) is 6.69. The second kappa shape index (κ2) is 9.68. The Balaban J connectivity index is 1.49. The Morgan fingerprint density at radius 1 is 1.41 bits per heavy atom. The summed E-state index contributed by atoms with van der Waals surface area (Å²) in [5.74, 6) is -1.84. The number of rotatable bonds is 8. The quantitative estimate of drug-likeness (QED) is 0.249. The van der Waals surface area contributed by atoms with Crippen molar-refractivity contribution in [2.24, 2.45) is 12.8 Å². The van der Waals surface area contributed by atoms with Gasteiger partial charge in [0.1, 0.15) is 23.2 Å². The lowest BCUT2D eigenvalue weighted by atomic mass is 10.0. The van der Waals surface area contributed by atoms with Crippen LogP contribution in [0.25, 0.3) is 0 Å². The van der Waals surface area contributed by atoms with E-state index in [9.17, 15) is 24.3 Å². The zero-order valence-corrected chi connectivity index (χ0v) is 19.2. The van der Waals surface area contributed by atoms with Crippen molar-refractivity contribution in [1.82, 2.24) is 40.7 Å². The molecule has 4 rings (SSSR count). The van der Waals surface area contributed by atoms with Crippen molar-refractivity contribution in [3.8, 4) is 0 Å². The predicted molar refractivity (Wildman–Crippen MR) is 119 cm³/mol. The Morgan fingerprint density at radius 2 is 2.21 bits per heavy atom. The summed E-state index contributed by atoms with van der Waals surface area (Å²) in [5, 5.41) is 25.8. The Labute approximate surface area is 200 Å². The zero-order valence-electron chi connectivity index (χ0n) is 17.6. The van der Waals surface area contributed by atoms with Gasteiger partial charge in [0.25, 0.3) is 5.91 Å². The molecule has 4 heterocycles. The molecule has 5 N–H and O–H groups in total. The molecule has 0 aliphatic carbocycles. The molecule has 178 valence electrons. The number of carbonyl (C=O) groups excluding carboxylic acids is 3. The molecule has 1 fully saturated rings. The third-order valence-corrected chi connectivity index (χ3v) is 7.51. The molecule has 2 unspecified atom stereocenters. The van der Waals surface area contributed by atoms with Crippen LogP contribution in [0.4, 0.5) is 4.79 Å². The SMILES string of the molecule is Cn1nnnc1SCC1=C(C(=O)O)N2C(=O)[C@H](NC(=O)C(NC(N)=O)c3cccnc3)C2SC1. The van der Waals surface area contributed by atoms with Crippen LogP contribution in [-0.2, 0) is 21.4 Å². The number of tetrazole rings is 1. The molecule has 2 aliphatic rings. The summed E-state index contributed by atoms with van der Waals surface area (Å²) in [6.07, 6.45) is 2.90. The van der Waals surface area contributed by atoms with Crippen LogP contribution in [0.1, 0.15) is 11.6 Å². The molecular weight excluding hydrogens is 486 g/mol. The first kappa shape index (κ1) is 23.5. The average Bonchev–Trinajstić information content (AvgIpc) is 3.23. The van der Waals surface area contributed by atoms with E-state index in [-0.39, 0.29) is 11.4 Å². The minimum absolute atomic E-state index is 0.110. The standard InChI is InChI=1S/C18H19N9O5S2/c1-26-18(23-24-25-26)34-7-9-6-33-15-11(14(29)27(15)12(9)16(30)31)21-13(28)10(22-17(19)32)8-3-2-4-20-5-8/h2-5,10-11,15H,6-7H2,1H3,(H,21,28)(H,30,31)(H3,19,22,32)/t10?,11-,15?/m0/s1. The highest BCUT2D eigenvalue weighted by molar-refractivity contribution is 8.01. The van der Waals surface area contributed by atoms with Crippen LogP contribution in [0.15, 0.2) is 41.0 Å². The van der Waals surface area contributed by atoms with Crippen molar-refractivity contribution < 1.29 is 24.3 Å². The van der Waals surface area contributed by atoms with Gasteiger partial charge >= 0.3 is 12.0 Å². The highest BCUT2D eigenvalue weighted by atomic mass is 32.2. The van der Waals surface area contributed by atoms with Gasteiger partial charge in [0.05, 0.1) is 0 Å². The van der Waals surface area contributed by atoms with E-state index in [1.807, 2.05) is 0 Å². The van der Waals surface area contributed by atoms with Crippen molar-refractivity contribution in [3.05, 3.63) is 41.4 Å². The number of aryl methyl sites for hydroxylation is 1. The van der Waals surface area contributed by atoms with E-state index < -0.39 is 41.3 Å². The first-order valence-electron chi connectivity index (χ1n) is 9.79. The molecule has 0 bridgehead atoms. The number of hydrogen-bond acceptors (Lipinski definition) is 10. The number of aliphatic carboxylic acids is 1. The fourth-order valence-corrected chi connectivity index (χ4v) is 5.85. The first-order valence-corrected chi connectivity index (χ1v) is 11.8. The van der Waals surface area contributed by atoms with Crippen molar-refractivity contribution >= 4 is 47.3 Å². The molecule has 16 heteroatoms. The Bertz CT molecular complexity index is 1170. The molecule has 2 aliphatic heterocycles. The number of nitrogens with zero attached hydrogens (tertiary/aromatic N) is 6. The number of nitrogens with one attached hydrogen (secondary N) is 2. The molecular formula is C18H19N9O5S2. The molecule has 1 saturated heterocycles. The molecule has 4 amide bonds. The number of primary amides is 1. The maximum atomic E-state index is 12.9. The Morgan fingerprint density at radius 3 is 2.82 bits per heavy atom. The number of fused-ring (bicyclic) bond motifs is 1. The molecule has 3 atom stereocenters. The van der Waals surface area contributed by atoms with Crippen LogP contribution in [0.3, 0.4) is 0 Å². The van der Waals surface area contributed by atoms with Crippen LogP contribution in [0, 0.1) is 0 Å². The lowest BCUT2D eigenvalue weighted by molar-refractivity contribution is -0.150. The summed E-state index contributed by atoms with van der Waals surface area (Å²) >= 11 is 2.59. The first-order chi connectivity index (χ1) is 16.3. The molecule has 0 aromatic carbocycles. The van der Waals surface area contributed by atoms with E-state index in [4.69, 9.17) is 5.73 Å². The van der Waals surface area contributed by atoms with Crippen molar-refractivity contribution in [2.75, 3.05) is 11.5 Å². The van der Waals surface area contributed by atoms with Gasteiger partial charge in [-0.25, -0.2) is 14.3 Å². The lowest BCUT2D eigenvalue weighted by Gasteiger charge is -2.49. The monoisotopic (exact) mass is 505 g/mol. The Hall–Kier alpha value is -3.66. The fourth-order valence-electron chi connectivity index (χ4n) is 3.52. The average molecular weight is 506 g/mol. The molecule has 14 nitrogen and oxygen atoms in total. The molecule has 0 saturated carbocycles. The molecule has 2 aromatic heterocycles. The van der Waals surface area contributed by atoms with Gasteiger partial charge in [-0.3, -0.25) is 19.5 Å². The topological polar surface area (TPSA) is 198 Å². The maximum absolute atomic E-state index is 12.9. The van der Waals surface area contributed by atoms with E-state index in [2.05, 4.69) is 31.1 Å². The van der Waals surface area contributed by atoms with Crippen LogP contribution >= 0.6 is 23.5 Å². The van der Waals surface area contributed by atoms with Crippen LogP contribution in [0.2, 0.25) is 0 Å². The van der Waals surface area contributed by atoms with Gasteiger partial charge < -0.3 is 21.5 Å². The largest absolute Gasteiger partial charge is 0.477 e. The van der Waals surface area contributed by atoms with Crippen LogP contribution in [0.5, 0.6) is 0 Å². The normalized spacial score (nSPS) is 20.3. The fraction of sp³-hybridized carbons (Fsp3) is 0.333. The summed E-state index contributed by atoms with van der Waals surface area (Å²) in [7, 11) is 1.67. The number of carboxylic acid groups (broad SMARTS) is 1. The minimum Gasteiger partial charge on any atom is -0.477 e. The number of carbonyl (C=O) groups is 4. The second-order valence-corrected chi connectivity index (χ2v) is 9.30. The van der Waals surface area contributed by atoms with Gasteiger partial charge in [0, 0.05) is 36.5 Å². The number of hydrogen-bond donors (Lipinski definition) is 4. The number of aromatic nitrogens is 5. The third-order valence-electron chi connectivity index (χ3n) is 5.07. The number of thioether (sulfide) groups is 2. The molecule has 34 heavy (non-hydrogen) atoms. The van der Waals surface area contributed by atoms with Gasteiger partial charge in [0.15, 0.2) is 0 Å². The summed E-state index contributed by atoms with van der Waals surface area (Å²) in [6, 6.07) is 0.126. The van der Waals surface area contributed by atoms with Crippen LogP contribution < -0.4 is 16.4 Å². The number of β-lactam (4-membered cyclic amide) rings is 1. The van der Waals surface area contributed by atoms with Gasteiger partial charge in [-0.15, -0.1) is 16.9 Å². The summed E-state index contributed by atoms with van der Waals surface area (Å²) in [6.45, 7) is 0. The summed E-state index contributed by atoms with van der Waals surface area (Å²) in [5.41, 5.74) is 6.01. The van der Waals surface area contributed by atoms with Gasteiger partial charge in [-0.05, 0) is 22.1 Å². The third kappa shape index (κ3) is 4.54. The predicted octanol–water partition coefficient (Wildman–Crippen LogP) is -1.15. The number of carboxylic acids is 1. The summed E-state index contributed by atoms with van der Waals surface area (Å²) in [4.78, 5) is 54.3. The van der Waals surface area contributed by atoms with E-state index >= 15 is 0 Å². The lowest BCUT2D eigenvalue weighted by Crippen LogP contribution is -2.71. The van der Waals surface area contributed by atoms with E-state index in [1.54, 1.807) is 19.2 Å². The highest BCUT2D eigenvalue weighted by Crippen LogP contribution is 2.41. The van der Waals surface area contributed by atoms with Gasteiger partial charge in [0.2, 0.25) is 11.1 Å². The molecule has 0 spiro atoms. The van der Waals surface area contributed by atoms with Gasteiger partial charge in [-0.1, -0.05) is 17.8 Å². The van der Waals surface area contributed by atoms with Crippen molar-refractivity contribution in [3.63, 3.8) is 0 Å². The number of urea groups is 1. The number of nitrogens with two attached hydrogens (primary N) is 1. The summed E-state index contributed by atoms with van der Waals surface area (Å²) < 4.78 is 1.46. The number of pyridine rings is 1. The minimum atomic E-state index is -1.24. The second-order valence-electron chi connectivity index (χ2n) is 7.26. The van der Waals surface area contributed by atoms with E-state index in [1.165, 1.54) is 45.5 Å². The van der Waals surface area contributed by atoms with Crippen LogP contribution in [-0.4, -0.2) is 81.9 Å². The van der Waals surface area contributed by atoms with Crippen molar-refractivity contribution in [1.29, 1.82) is 0 Å².